The monoisotopic (exact) mass is 244 g/mol. The zero-order chi connectivity index (χ0) is 12.9. The summed E-state index contributed by atoms with van der Waals surface area (Å²) in [5.41, 5.74) is 0. The molecule has 0 aromatic rings. The summed E-state index contributed by atoms with van der Waals surface area (Å²) in [6, 6.07) is 0. The summed E-state index contributed by atoms with van der Waals surface area (Å²) in [7, 11) is 0. The van der Waals surface area contributed by atoms with Crippen LogP contribution in [-0.4, -0.2) is 50.2 Å². The second kappa shape index (κ2) is 11.9. The maximum atomic E-state index is 11.3. The number of unbranched alkanes of at least 4 members (excludes halogenated alkanes) is 1. The molecule has 1 N–H and O–H groups in total. The molecule has 0 atom stereocenters. The zero-order valence-corrected chi connectivity index (χ0v) is 11.6. The Morgan fingerprint density at radius 1 is 1.18 bits per heavy atom. The number of nitrogens with zero attached hydrogens (tertiary/aromatic N) is 1. The molecule has 102 valence electrons. The van der Waals surface area contributed by atoms with E-state index in [2.05, 4.69) is 31.0 Å². The molecular weight excluding hydrogens is 216 g/mol. The molecule has 4 nitrogen and oxygen atoms in total. The number of carbonyl (C=O) groups is 1. The van der Waals surface area contributed by atoms with Crippen molar-refractivity contribution in [1.82, 2.24) is 10.2 Å². The van der Waals surface area contributed by atoms with Crippen LogP contribution in [0.15, 0.2) is 0 Å². The molecule has 0 aliphatic carbocycles. The lowest BCUT2D eigenvalue weighted by molar-refractivity contribution is -0.121. The van der Waals surface area contributed by atoms with Crippen LogP contribution in [0.5, 0.6) is 0 Å². The smallest absolute Gasteiger partial charge is 0.220 e. The van der Waals surface area contributed by atoms with Gasteiger partial charge in [-0.05, 0) is 19.5 Å². The summed E-state index contributed by atoms with van der Waals surface area (Å²) in [6.45, 7) is 11.5. The molecule has 0 saturated carbocycles. The van der Waals surface area contributed by atoms with Crippen molar-refractivity contribution in [1.29, 1.82) is 0 Å². The van der Waals surface area contributed by atoms with Crippen LogP contribution in [0.4, 0.5) is 0 Å². The van der Waals surface area contributed by atoms with Crippen molar-refractivity contribution in [2.75, 3.05) is 39.4 Å². The topological polar surface area (TPSA) is 41.6 Å². The molecule has 0 bridgehead atoms. The van der Waals surface area contributed by atoms with Gasteiger partial charge in [0.1, 0.15) is 0 Å². The van der Waals surface area contributed by atoms with Gasteiger partial charge in [0.2, 0.25) is 5.91 Å². The molecule has 0 aromatic heterocycles. The number of amides is 1. The fraction of sp³-hybridized carbons (Fsp3) is 0.923. The summed E-state index contributed by atoms with van der Waals surface area (Å²) in [5, 5.41) is 2.86. The maximum absolute atomic E-state index is 11.3. The zero-order valence-electron chi connectivity index (χ0n) is 11.6. The van der Waals surface area contributed by atoms with Crippen molar-refractivity contribution in [3.8, 4) is 0 Å². The van der Waals surface area contributed by atoms with E-state index in [4.69, 9.17) is 4.74 Å². The van der Waals surface area contributed by atoms with E-state index in [9.17, 15) is 4.79 Å². The molecule has 0 heterocycles. The average Bonchev–Trinajstić information content (AvgIpc) is 2.35. The van der Waals surface area contributed by atoms with E-state index in [1.54, 1.807) is 0 Å². The summed E-state index contributed by atoms with van der Waals surface area (Å²) >= 11 is 0. The van der Waals surface area contributed by atoms with Crippen LogP contribution in [0.2, 0.25) is 0 Å². The summed E-state index contributed by atoms with van der Waals surface area (Å²) in [5.74, 6) is 0.138. The van der Waals surface area contributed by atoms with E-state index in [0.29, 0.717) is 19.6 Å². The highest BCUT2D eigenvalue weighted by molar-refractivity contribution is 5.75. The molecule has 0 aliphatic rings. The molecule has 0 rings (SSSR count). The van der Waals surface area contributed by atoms with Crippen molar-refractivity contribution in [2.24, 2.45) is 0 Å². The van der Waals surface area contributed by atoms with E-state index >= 15 is 0 Å². The average molecular weight is 244 g/mol. The minimum absolute atomic E-state index is 0.138. The number of carbonyl (C=O) groups excluding carboxylic acids is 1. The Kier molecular flexibility index (Phi) is 11.4. The van der Waals surface area contributed by atoms with E-state index < -0.39 is 0 Å². The Morgan fingerprint density at radius 2 is 1.88 bits per heavy atom. The number of hydrogen-bond acceptors (Lipinski definition) is 3. The first-order chi connectivity index (χ1) is 8.24. The number of nitrogens with one attached hydrogen (secondary N) is 1. The van der Waals surface area contributed by atoms with Crippen molar-refractivity contribution in [2.45, 2.75) is 40.0 Å². The molecule has 0 spiro atoms. The molecule has 0 unspecified atom stereocenters. The molecule has 1 amide bonds. The number of rotatable bonds is 11. The first kappa shape index (κ1) is 16.4. The molecule has 4 heteroatoms. The van der Waals surface area contributed by atoms with Gasteiger partial charge in [-0.1, -0.05) is 27.2 Å². The first-order valence-corrected chi connectivity index (χ1v) is 6.81. The van der Waals surface area contributed by atoms with Gasteiger partial charge in [-0.25, -0.2) is 0 Å². The van der Waals surface area contributed by atoms with Crippen LogP contribution in [0.3, 0.4) is 0 Å². The second-order valence-corrected chi connectivity index (χ2v) is 4.09. The highest BCUT2D eigenvalue weighted by Gasteiger charge is 2.00. The third-order valence-electron chi connectivity index (χ3n) is 2.77. The molecule has 0 fully saturated rings. The van der Waals surface area contributed by atoms with Crippen molar-refractivity contribution in [3.05, 3.63) is 0 Å². The molecular formula is C13H28N2O2. The lowest BCUT2D eigenvalue weighted by atomic mass is 10.2. The van der Waals surface area contributed by atoms with Gasteiger partial charge in [0, 0.05) is 19.5 Å². The third-order valence-corrected chi connectivity index (χ3v) is 2.77. The van der Waals surface area contributed by atoms with E-state index in [1.807, 2.05) is 0 Å². The Bertz CT molecular complexity index is 182. The maximum Gasteiger partial charge on any atom is 0.220 e. The van der Waals surface area contributed by atoms with Crippen LogP contribution in [0.25, 0.3) is 0 Å². The number of hydrogen-bond donors (Lipinski definition) is 1. The largest absolute Gasteiger partial charge is 0.378 e. The van der Waals surface area contributed by atoms with Gasteiger partial charge in [0.15, 0.2) is 0 Å². The first-order valence-electron chi connectivity index (χ1n) is 6.81. The predicted molar refractivity (Wildman–Crippen MR) is 71.1 cm³/mol. The summed E-state index contributed by atoms with van der Waals surface area (Å²) in [4.78, 5) is 13.6. The molecule has 0 aromatic carbocycles. The lowest BCUT2D eigenvalue weighted by Gasteiger charge is -2.17. The summed E-state index contributed by atoms with van der Waals surface area (Å²) < 4.78 is 5.47. The Labute approximate surface area is 106 Å². The van der Waals surface area contributed by atoms with Crippen molar-refractivity contribution < 1.29 is 9.53 Å². The van der Waals surface area contributed by atoms with Crippen LogP contribution in [0, 0.1) is 0 Å². The summed E-state index contributed by atoms with van der Waals surface area (Å²) in [6.07, 6.45) is 2.67. The highest BCUT2D eigenvalue weighted by Crippen LogP contribution is 1.92. The van der Waals surface area contributed by atoms with Gasteiger partial charge in [-0.15, -0.1) is 0 Å². The van der Waals surface area contributed by atoms with Gasteiger partial charge in [-0.3, -0.25) is 4.79 Å². The fourth-order valence-corrected chi connectivity index (χ4v) is 1.52. The highest BCUT2D eigenvalue weighted by atomic mass is 16.5. The molecule has 0 radical (unpaired) electrons. The van der Waals surface area contributed by atoms with E-state index in [-0.39, 0.29) is 5.91 Å². The minimum atomic E-state index is 0.138. The Balaban J connectivity index is 3.25. The van der Waals surface area contributed by atoms with Crippen LogP contribution < -0.4 is 5.32 Å². The molecule has 0 saturated heterocycles. The second-order valence-electron chi connectivity index (χ2n) is 4.09. The third kappa shape index (κ3) is 10.3. The lowest BCUT2D eigenvalue weighted by Crippen LogP contribution is -2.30. The van der Waals surface area contributed by atoms with Gasteiger partial charge < -0.3 is 15.0 Å². The van der Waals surface area contributed by atoms with Gasteiger partial charge >= 0.3 is 0 Å². The van der Waals surface area contributed by atoms with Crippen LogP contribution in [0.1, 0.15) is 40.0 Å². The van der Waals surface area contributed by atoms with Gasteiger partial charge in [-0.2, -0.15) is 0 Å². The Hall–Kier alpha value is -0.610. The fourth-order valence-electron chi connectivity index (χ4n) is 1.52. The normalized spacial score (nSPS) is 10.8. The molecule has 0 aliphatic heterocycles. The van der Waals surface area contributed by atoms with Gasteiger partial charge in [0.25, 0.3) is 0 Å². The van der Waals surface area contributed by atoms with Crippen molar-refractivity contribution >= 4 is 5.91 Å². The number of ether oxygens (including phenoxy) is 1. The predicted octanol–water partition coefficient (Wildman–Crippen LogP) is 1.65. The van der Waals surface area contributed by atoms with E-state index in [1.165, 1.54) is 0 Å². The Morgan fingerprint density at radius 3 is 2.47 bits per heavy atom. The van der Waals surface area contributed by atoms with Crippen molar-refractivity contribution in [3.63, 3.8) is 0 Å². The standard InChI is InChI=1S/C13H28N2O2/c1-4-7-8-13(16)14-9-11-17-12-10-15(5-2)6-3/h4-12H2,1-3H3,(H,14,16). The van der Waals surface area contributed by atoms with Gasteiger partial charge in [0.05, 0.1) is 13.2 Å². The SMILES string of the molecule is CCCCC(=O)NCCOCCN(CC)CC. The number of likely N-dealkylation sites (N-methyl/N-ethyl adjacent to an activating group) is 1. The van der Waals surface area contributed by atoms with Crippen LogP contribution in [-0.2, 0) is 9.53 Å². The quantitative estimate of drug-likeness (QED) is 0.562. The minimum Gasteiger partial charge on any atom is -0.378 e. The molecule has 17 heavy (non-hydrogen) atoms. The van der Waals surface area contributed by atoms with Crippen LogP contribution >= 0.6 is 0 Å². The van der Waals surface area contributed by atoms with E-state index in [0.717, 1.165) is 39.1 Å².